The van der Waals surface area contributed by atoms with Gasteiger partial charge in [-0.25, -0.2) is 9.68 Å². The largest absolute Gasteiger partial charge is 0.479 e. The summed E-state index contributed by atoms with van der Waals surface area (Å²) in [6.07, 6.45) is 20.4. The Morgan fingerprint density at radius 3 is 2.23 bits per heavy atom. The molecule has 0 amide bonds. The molecule has 0 aliphatic carbocycles. The normalized spacial score (nSPS) is 13.5. The molecule has 0 bridgehead atoms. The molecule has 0 rings (SSSR count). The lowest BCUT2D eigenvalue weighted by Crippen LogP contribution is -2.22. The first kappa shape index (κ1) is 20.6. The molecule has 0 fully saturated rings. The Labute approximate surface area is 134 Å². The molecular formula is C18H30O4. The van der Waals surface area contributed by atoms with Crippen LogP contribution < -0.4 is 0 Å². The minimum absolute atomic E-state index is 0.358. The second-order valence-electron chi connectivity index (χ2n) is 5.24. The first-order valence-corrected chi connectivity index (χ1v) is 8.22. The van der Waals surface area contributed by atoms with Gasteiger partial charge in [0.2, 0.25) is 0 Å². The van der Waals surface area contributed by atoms with Gasteiger partial charge in [-0.05, 0) is 38.5 Å². The topological polar surface area (TPSA) is 66.8 Å². The summed E-state index contributed by atoms with van der Waals surface area (Å²) in [6, 6.07) is 0. The number of hydrogen-bond donors (Lipinski definition) is 2. The van der Waals surface area contributed by atoms with Gasteiger partial charge < -0.3 is 5.11 Å². The lowest BCUT2D eigenvalue weighted by atomic mass is 10.1. The fraction of sp³-hybridized carbons (Fsp3) is 0.611. The average molecular weight is 310 g/mol. The zero-order valence-electron chi connectivity index (χ0n) is 13.6. The van der Waals surface area contributed by atoms with E-state index in [0.29, 0.717) is 6.42 Å². The number of hydrogen-bond acceptors (Lipinski definition) is 3. The molecule has 0 aromatic carbocycles. The van der Waals surface area contributed by atoms with Gasteiger partial charge in [0.25, 0.3) is 0 Å². The van der Waals surface area contributed by atoms with Crippen molar-refractivity contribution in [2.45, 2.75) is 70.8 Å². The predicted molar refractivity (Wildman–Crippen MR) is 89.8 cm³/mol. The molecule has 0 heterocycles. The van der Waals surface area contributed by atoms with E-state index in [2.05, 4.69) is 48.3 Å². The van der Waals surface area contributed by atoms with Gasteiger partial charge in [-0.15, -0.1) is 0 Å². The van der Waals surface area contributed by atoms with Crippen LogP contribution in [0.2, 0.25) is 0 Å². The molecule has 1 atom stereocenters. The van der Waals surface area contributed by atoms with E-state index in [0.717, 1.165) is 51.4 Å². The van der Waals surface area contributed by atoms with Gasteiger partial charge in [0, 0.05) is 0 Å². The van der Waals surface area contributed by atoms with Crippen LogP contribution in [0.1, 0.15) is 64.7 Å². The lowest BCUT2D eigenvalue weighted by Gasteiger charge is -2.07. The first-order chi connectivity index (χ1) is 10.7. The second-order valence-corrected chi connectivity index (χ2v) is 5.24. The summed E-state index contributed by atoms with van der Waals surface area (Å²) >= 11 is 0. The molecule has 0 radical (unpaired) electrons. The molecule has 0 aromatic heterocycles. The van der Waals surface area contributed by atoms with Gasteiger partial charge >= 0.3 is 5.97 Å². The Bertz CT molecular complexity index is 345. The van der Waals surface area contributed by atoms with Crippen LogP contribution in [0.3, 0.4) is 0 Å². The highest BCUT2D eigenvalue weighted by molar-refractivity contribution is 5.72. The van der Waals surface area contributed by atoms with Crippen molar-refractivity contribution in [2.75, 3.05) is 0 Å². The average Bonchev–Trinajstić information content (AvgIpc) is 2.51. The molecule has 4 nitrogen and oxygen atoms in total. The summed E-state index contributed by atoms with van der Waals surface area (Å²) in [7, 11) is 0. The van der Waals surface area contributed by atoms with Crippen LogP contribution in [0.4, 0.5) is 0 Å². The number of allylic oxidation sites excluding steroid dienone is 6. The Hall–Kier alpha value is -1.39. The van der Waals surface area contributed by atoms with Crippen molar-refractivity contribution in [3.05, 3.63) is 36.5 Å². The molecule has 2 N–H and O–H groups in total. The zero-order valence-corrected chi connectivity index (χ0v) is 13.6. The summed E-state index contributed by atoms with van der Waals surface area (Å²) in [5.41, 5.74) is 0. The van der Waals surface area contributed by atoms with E-state index in [9.17, 15) is 4.79 Å². The fourth-order valence-electron chi connectivity index (χ4n) is 1.99. The molecule has 0 aliphatic rings. The van der Waals surface area contributed by atoms with Crippen molar-refractivity contribution >= 4 is 5.97 Å². The fourth-order valence-corrected chi connectivity index (χ4v) is 1.99. The summed E-state index contributed by atoms with van der Waals surface area (Å²) in [5, 5.41) is 17.1. The van der Waals surface area contributed by atoms with E-state index >= 15 is 0 Å². The van der Waals surface area contributed by atoms with Gasteiger partial charge in [0.1, 0.15) is 0 Å². The number of unbranched alkanes of at least 4 members (excludes halogenated alkanes) is 5. The van der Waals surface area contributed by atoms with Gasteiger partial charge in [-0.2, -0.15) is 0 Å². The molecule has 1 unspecified atom stereocenters. The Kier molecular flexibility index (Phi) is 15.0. The molecule has 0 aliphatic heterocycles. The maximum absolute atomic E-state index is 10.6. The summed E-state index contributed by atoms with van der Waals surface area (Å²) in [6.45, 7) is 2.14. The van der Waals surface area contributed by atoms with Crippen molar-refractivity contribution in [1.82, 2.24) is 0 Å². The third kappa shape index (κ3) is 13.6. The number of carbonyl (C=O) groups is 1. The van der Waals surface area contributed by atoms with Crippen molar-refractivity contribution in [2.24, 2.45) is 0 Å². The molecule has 4 heteroatoms. The van der Waals surface area contributed by atoms with Crippen LogP contribution in [0.15, 0.2) is 36.5 Å². The molecule has 0 aromatic rings. The zero-order chi connectivity index (χ0) is 16.5. The van der Waals surface area contributed by atoms with Gasteiger partial charge in [0.05, 0.1) is 0 Å². The summed E-state index contributed by atoms with van der Waals surface area (Å²) in [5.74, 6) is -1.11. The van der Waals surface area contributed by atoms with Crippen LogP contribution in [0.5, 0.6) is 0 Å². The Morgan fingerprint density at radius 2 is 1.59 bits per heavy atom. The third-order valence-corrected chi connectivity index (χ3v) is 3.28. The van der Waals surface area contributed by atoms with E-state index in [1.807, 2.05) is 0 Å². The number of carboxylic acid groups (broad SMARTS) is 1. The van der Waals surface area contributed by atoms with E-state index in [4.69, 9.17) is 10.4 Å². The van der Waals surface area contributed by atoms with E-state index in [1.165, 1.54) is 0 Å². The maximum Gasteiger partial charge on any atom is 0.336 e. The Balaban J connectivity index is 3.42. The molecule has 0 saturated heterocycles. The van der Waals surface area contributed by atoms with Crippen LogP contribution >= 0.6 is 0 Å². The highest BCUT2D eigenvalue weighted by atomic mass is 17.1. The summed E-state index contributed by atoms with van der Waals surface area (Å²) < 4.78 is 0. The number of aliphatic carboxylic acids is 1. The minimum Gasteiger partial charge on any atom is -0.479 e. The van der Waals surface area contributed by atoms with Crippen LogP contribution in [0.25, 0.3) is 0 Å². The lowest BCUT2D eigenvalue weighted by molar-refractivity contribution is -0.277. The van der Waals surface area contributed by atoms with Crippen molar-refractivity contribution in [3.63, 3.8) is 0 Å². The minimum atomic E-state index is -1.11. The van der Waals surface area contributed by atoms with Crippen molar-refractivity contribution in [3.8, 4) is 0 Å². The van der Waals surface area contributed by atoms with Gasteiger partial charge in [-0.3, -0.25) is 5.26 Å². The maximum atomic E-state index is 10.6. The smallest absolute Gasteiger partial charge is 0.336 e. The second kappa shape index (κ2) is 16.0. The predicted octanol–water partition coefficient (Wildman–Crippen LogP) is 5.13. The van der Waals surface area contributed by atoms with Crippen LogP contribution in [-0.4, -0.2) is 22.4 Å². The van der Waals surface area contributed by atoms with E-state index in [-0.39, 0.29) is 0 Å². The quantitative estimate of drug-likeness (QED) is 0.153. The molecule has 126 valence electrons. The standard InChI is InChI=1S/C18H30O4/c1-2-3-4-5-6-7-8-9-10-11-12-13-14-15-16-17(22-21)18(19)20/h3-4,7-10,17,21H,2,5-6,11-16H2,1H3,(H,19,20). The first-order valence-electron chi connectivity index (χ1n) is 8.22. The number of carboxylic acids is 1. The molecule has 0 spiro atoms. The molecule has 0 saturated carbocycles. The van der Waals surface area contributed by atoms with Gasteiger partial charge in [-0.1, -0.05) is 62.6 Å². The summed E-state index contributed by atoms with van der Waals surface area (Å²) in [4.78, 5) is 14.5. The number of rotatable bonds is 14. The van der Waals surface area contributed by atoms with Crippen molar-refractivity contribution in [1.29, 1.82) is 0 Å². The highest BCUT2D eigenvalue weighted by Gasteiger charge is 2.16. The third-order valence-electron chi connectivity index (χ3n) is 3.28. The van der Waals surface area contributed by atoms with Crippen molar-refractivity contribution < 1.29 is 20.0 Å². The van der Waals surface area contributed by atoms with E-state index < -0.39 is 12.1 Å². The van der Waals surface area contributed by atoms with E-state index in [1.54, 1.807) is 0 Å². The SMILES string of the molecule is CCC=CCCC=CC=CCCCCCCC(OO)C(=O)O. The van der Waals surface area contributed by atoms with Crippen LogP contribution in [-0.2, 0) is 9.68 Å². The monoisotopic (exact) mass is 310 g/mol. The Morgan fingerprint density at radius 1 is 0.955 bits per heavy atom. The molecular weight excluding hydrogens is 280 g/mol. The van der Waals surface area contributed by atoms with Crippen LogP contribution in [0, 0.1) is 0 Å². The molecule has 22 heavy (non-hydrogen) atoms. The van der Waals surface area contributed by atoms with Gasteiger partial charge in [0.15, 0.2) is 6.10 Å². The highest BCUT2D eigenvalue weighted by Crippen LogP contribution is 2.09.